The Labute approximate surface area is 138 Å². The van der Waals surface area contributed by atoms with Crippen LogP contribution in [0.2, 0.25) is 0 Å². The van der Waals surface area contributed by atoms with Crippen LogP contribution in [-0.2, 0) is 18.3 Å². The van der Waals surface area contributed by atoms with Gasteiger partial charge in [-0.1, -0.05) is 19.3 Å². The van der Waals surface area contributed by atoms with Crippen molar-refractivity contribution in [2.45, 2.75) is 64.1 Å². The van der Waals surface area contributed by atoms with Crippen LogP contribution in [0, 0.1) is 5.41 Å². The molecule has 0 aliphatic heterocycles. The lowest BCUT2D eigenvalue weighted by atomic mass is 9.55. The summed E-state index contributed by atoms with van der Waals surface area (Å²) in [6.45, 7) is 3.26. The zero-order valence-electron chi connectivity index (χ0n) is 14.2. The van der Waals surface area contributed by atoms with Crippen LogP contribution in [0.5, 0.6) is 0 Å². The van der Waals surface area contributed by atoms with Gasteiger partial charge in [0.05, 0.1) is 12.6 Å². The first-order valence-corrected chi connectivity index (χ1v) is 8.78. The van der Waals surface area contributed by atoms with E-state index in [0.717, 1.165) is 18.9 Å². The summed E-state index contributed by atoms with van der Waals surface area (Å²) in [5.74, 6) is 0.855. The van der Waals surface area contributed by atoms with Gasteiger partial charge in [0.1, 0.15) is 5.82 Å². The molecule has 2 N–H and O–H groups in total. The minimum atomic E-state index is -0.0992. The SMILES string of the molecule is CCO[C@H]1C[C@@H](NC(=O)NCc2nccn2C)C12CCCCC2. The van der Waals surface area contributed by atoms with Gasteiger partial charge in [-0.3, -0.25) is 0 Å². The molecule has 1 heterocycles. The molecule has 0 bridgehead atoms. The summed E-state index contributed by atoms with van der Waals surface area (Å²) in [5, 5.41) is 6.10. The second kappa shape index (κ2) is 6.91. The van der Waals surface area contributed by atoms with Crippen molar-refractivity contribution in [2.24, 2.45) is 12.5 Å². The molecule has 2 saturated carbocycles. The maximum absolute atomic E-state index is 12.2. The quantitative estimate of drug-likeness (QED) is 0.875. The number of carbonyl (C=O) groups excluding carboxylic acids is 1. The number of imidazole rings is 1. The van der Waals surface area contributed by atoms with Gasteiger partial charge in [-0.15, -0.1) is 0 Å². The van der Waals surface area contributed by atoms with Gasteiger partial charge in [-0.25, -0.2) is 9.78 Å². The lowest BCUT2D eigenvalue weighted by Gasteiger charge is -2.57. The van der Waals surface area contributed by atoms with Gasteiger partial charge in [-0.2, -0.15) is 0 Å². The fourth-order valence-electron chi connectivity index (χ4n) is 4.20. The fraction of sp³-hybridized carbons (Fsp3) is 0.765. The van der Waals surface area contributed by atoms with Gasteiger partial charge in [0.2, 0.25) is 0 Å². The van der Waals surface area contributed by atoms with Crippen LogP contribution in [0.4, 0.5) is 4.79 Å². The molecule has 2 aliphatic carbocycles. The van der Waals surface area contributed by atoms with Crippen molar-refractivity contribution in [2.75, 3.05) is 6.61 Å². The van der Waals surface area contributed by atoms with Crippen molar-refractivity contribution in [1.82, 2.24) is 20.2 Å². The molecule has 6 heteroatoms. The Morgan fingerprint density at radius 3 is 2.87 bits per heavy atom. The molecule has 3 rings (SSSR count). The van der Waals surface area contributed by atoms with Crippen LogP contribution < -0.4 is 10.6 Å². The van der Waals surface area contributed by atoms with Crippen molar-refractivity contribution in [3.63, 3.8) is 0 Å². The highest BCUT2D eigenvalue weighted by Gasteiger charge is 2.56. The Morgan fingerprint density at radius 1 is 1.43 bits per heavy atom. The molecule has 0 unspecified atom stereocenters. The first kappa shape index (κ1) is 16.3. The van der Waals surface area contributed by atoms with Crippen LogP contribution in [0.25, 0.3) is 0 Å². The highest BCUT2D eigenvalue weighted by atomic mass is 16.5. The highest BCUT2D eigenvalue weighted by molar-refractivity contribution is 5.74. The molecule has 2 aliphatic rings. The molecule has 23 heavy (non-hydrogen) atoms. The summed E-state index contributed by atoms with van der Waals surface area (Å²) in [5.41, 5.74) is 0.162. The van der Waals surface area contributed by atoms with E-state index in [1.807, 2.05) is 17.8 Å². The second-order valence-corrected chi connectivity index (χ2v) is 6.81. The molecular weight excluding hydrogens is 292 g/mol. The fourth-order valence-corrected chi connectivity index (χ4v) is 4.20. The Bertz CT molecular complexity index is 536. The van der Waals surface area contributed by atoms with E-state index in [-0.39, 0.29) is 17.5 Å². The Balaban J connectivity index is 1.54. The number of aromatic nitrogens is 2. The van der Waals surface area contributed by atoms with Gasteiger partial charge in [0.15, 0.2) is 0 Å². The Hall–Kier alpha value is -1.56. The monoisotopic (exact) mass is 320 g/mol. The molecule has 2 atom stereocenters. The first-order chi connectivity index (χ1) is 11.2. The van der Waals surface area contributed by atoms with Gasteiger partial charge in [0.25, 0.3) is 0 Å². The molecule has 0 aromatic carbocycles. The van der Waals surface area contributed by atoms with Gasteiger partial charge >= 0.3 is 6.03 Å². The lowest BCUT2D eigenvalue weighted by Crippen LogP contribution is -2.66. The minimum absolute atomic E-state index is 0.0992. The molecule has 6 nitrogen and oxygen atoms in total. The number of hydrogen-bond acceptors (Lipinski definition) is 3. The van der Waals surface area contributed by atoms with Crippen molar-refractivity contribution in [3.05, 3.63) is 18.2 Å². The van der Waals surface area contributed by atoms with Crippen molar-refractivity contribution < 1.29 is 9.53 Å². The third kappa shape index (κ3) is 3.22. The molecule has 1 aromatic heterocycles. The topological polar surface area (TPSA) is 68.2 Å². The predicted molar refractivity (Wildman–Crippen MR) is 87.9 cm³/mol. The van der Waals surface area contributed by atoms with Crippen LogP contribution >= 0.6 is 0 Å². The lowest BCUT2D eigenvalue weighted by molar-refractivity contribution is -0.146. The molecule has 2 fully saturated rings. The van der Waals surface area contributed by atoms with Crippen LogP contribution in [0.3, 0.4) is 0 Å². The van der Waals surface area contributed by atoms with Crippen molar-refractivity contribution in [3.8, 4) is 0 Å². The standard InChI is InChI=1S/C17H28N4O2/c1-3-23-14-11-13(17(14)7-5-4-6-8-17)20-16(22)19-12-15-18-9-10-21(15)2/h9-10,13-14H,3-8,11-12H2,1-2H3,(H2,19,20,22)/t13-,14+/m1/s1. The third-order valence-corrected chi connectivity index (χ3v) is 5.57. The zero-order valence-corrected chi connectivity index (χ0v) is 14.2. The van der Waals surface area contributed by atoms with E-state index < -0.39 is 0 Å². The van der Waals surface area contributed by atoms with E-state index >= 15 is 0 Å². The number of ether oxygens (including phenoxy) is 1. The predicted octanol–water partition coefficient (Wildman–Crippen LogP) is 2.35. The number of amides is 2. The van der Waals surface area contributed by atoms with Crippen molar-refractivity contribution in [1.29, 1.82) is 0 Å². The Kier molecular flexibility index (Phi) is 4.90. The summed E-state index contributed by atoms with van der Waals surface area (Å²) in [6, 6.07) is 0.138. The summed E-state index contributed by atoms with van der Waals surface area (Å²) in [4.78, 5) is 16.5. The van der Waals surface area contributed by atoms with Crippen molar-refractivity contribution >= 4 is 6.03 Å². The molecule has 1 spiro atoms. The maximum atomic E-state index is 12.2. The minimum Gasteiger partial charge on any atom is -0.378 e. The summed E-state index contributed by atoms with van der Waals surface area (Å²) in [7, 11) is 1.93. The zero-order chi connectivity index (χ0) is 16.3. The van der Waals surface area contributed by atoms with Crippen LogP contribution in [-0.4, -0.2) is 34.3 Å². The second-order valence-electron chi connectivity index (χ2n) is 6.81. The highest BCUT2D eigenvalue weighted by Crippen LogP contribution is 2.53. The molecule has 1 aromatic rings. The summed E-state index contributed by atoms with van der Waals surface area (Å²) in [6.07, 6.45) is 11.0. The van der Waals surface area contributed by atoms with Gasteiger partial charge < -0.3 is 19.9 Å². The molecule has 0 radical (unpaired) electrons. The summed E-state index contributed by atoms with van der Waals surface area (Å²) < 4.78 is 7.85. The number of nitrogens with one attached hydrogen (secondary N) is 2. The molecule has 128 valence electrons. The molecular formula is C17H28N4O2. The smallest absolute Gasteiger partial charge is 0.315 e. The normalized spacial score (nSPS) is 25.8. The van der Waals surface area contributed by atoms with E-state index in [9.17, 15) is 4.79 Å². The number of aryl methyl sites for hydroxylation is 1. The third-order valence-electron chi connectivity index (χ3n) is 5.57. The number of nitrogens with zero attached hydrogens (tertiary/aromatic N) is 2. The van der Waals surface area contributed by atoms with E-state index in [0.29, 0.717) is 12.6 Å². The van der Waals surface area contributed by atoms with E-state index in [1.165, 1.54) is 32.1 Å². The van der Waals surface area contributed by atoms with Crippen LogP contribution in [0.15, 0.2) is 12.4 Å². The number of hydrogen-bond donors (Lipinski definition) is 2. The van der Waals surface area contributed by atoms with Gasteiger partial charge in [0, 0.05) is 37.5 Å². The van der Waals surface area contributed by atoms with E-state index in [1.54, 1.807) is 6.20 Å². The summed E-state index contributed by atoms with van der Waals surface area (Å²) >= 11 is 0. The number of rotatable bonds is 5. The first-order valence-electron chi connectivity index (χ1n) is 8.78. The molecule has 2 amide bonds. The average Bonchev–Trinajstić information content (AvgIpc) is 2.98. The van der Waals surface area contributed by atoms with E-state index in [2.05, 4.69) is 22.5 Å². The van der Waals surface area contributed by atoms with Gasteiger partial charge in [-0.05, 0) is 26.2 Å². The van der Waals surface area contributed by atoms with E-state index in [4.69, 9.17) is 4.74 Å². The molecule has 0 saturated heterocycles. The van der Waals surface area contributed by atoms with Crippen LogP contribution in [0.1, 0.15) is 51.3 Å². The Morgan fingerprint density at radius 2 is 2.22 bits per heavy atom. The maximum Gasteiger partial charge on any atom is 0.315 e. The average molecular weight is 320 g/mol. The number of carbonyl (C=O) groups is 1. The number of urea groups is 1. The largest absolute Gasteiger partial charge is 0.378 e.